The molecule has 1 aliphatic rings. The molecular formula is C20H21OP. The van der Waals surface area contributed by atoms with Gasteiger partial charge < -0.3 is 4.74 Å². The zero-order chi connectivity index (χ0) is 15.4. The molecule has 2 heteroatoms. The van der Waals surface area contributed by atoms with Gasteiger partial charge in [-0.1, -0.05) is 78.9 Å². The Morgan fingerprint density at radius 2 is 1.45 bits per heavy atom. The van der Waals surface area contributed by atoms with Gasteiger partial charge in [-0.2, -0.15) is 0 Å². The molecule has 2 aromatic carbocycles. The Morgan fingerprint density at radius 1 is 0.909 bits per heavy atom. The summed E-state index contributed by atoms with van der Waals surface area (Å²) in [5.41, 5.74) is 0. The first-order valence-corrected chi connectivity index (χ1v) is 8.97. The summed E-state index contributed by atoms with van der Waals surface area (Å²) < 4.78 is 5.60. The lowest BCUT2D eigenvalue weighted by atomic mass is 10.1. The fraction of sp³-hybridized carbons (Fsp3) is 0.200. The number of ether oxygens (including phenoxy) is 1. The van der Waals surface area contributed by atoms with Crippen LogP contribution in [-0.2, 0) is 4.74 Å². The van der Waals surface area contributed by atoms with Gasteiger partial charge in [0.25, 0.3) is 0 Å². The summed E-state index contributed by atoms with van der Waals surface area (Å²) in [5, 5.41) is 4.26. The first-order chi connectivity index (χ1) is 10.8. The lowest BCUT2D eigenvalue weighted by Crippen LogP contribution is -2.22. The lowest BCUT2D eigenvalue weighted by molar-refractivity contribution is 0.0978. The minimum absolute atomic E-state index is 0.197. The molecule has 0 aliphatic heterocycles. The first-order valence-electron chi connectivity index (χ1n) is 7.62. The zero-order valence-corrected chi connectivity index (χ0v) is 13.9. The number of allylic oxidation sites excluding steroid dienone is 2. The van der Waals surface area contributed by atoms with Crippen LogP contribution in [0.15, 0.2) is 84.2 Å². The molecule has 0 spiro atoms. The minimum Gasteiger partial charge on any atom is -0.381 e. The normalized spacial score (nSPS) is 18.5. The molecule has 112 valence electrons. The molecule has 0 aromatic heterocycles. The number of methoxy groups -OCH3 is 1. The van der Waals surface area contributed by atoms with Crippen LogP contribution in [0.5, 0.6) is 0 Å². The van der Waals surface area contributed by atoms with Crippen molar-refractivity contribution >= 4 is 18.5 Å². The molecule has 0 heterocycles. The molecule has 0 amide bonds. The summed E-state index contributed by atoms with van der Waals surface area (Å²) in [5.74, 6) is 0.358. The second kappa shape index (κ2) is 7.05. The summed E-state index contributed by atoms with van der Waals surface area (Å²) in [6.07, 6.45) is 6.93. The average Bonchev–Trinajstić information content (AvgIpc) is 3.06. The van der Waals surface area contributed by atoms with E-state index in [0.29, 0.717) is 5.92 Å². The maximum atomic E-state index is 5.60. The largest absolute Gasteiger partial charge is 0.381 e. The quantitative estimate of drug-likeness (QED) is 0.751. The van der Waals surface area contributed by atoms with Crippen LogP contribution in [0, 0.1) is 5.92 Å². The van der Waals surface area contributed by atoms with Crippen molar-refractivity contribution in [2.75, 3.05) is 7.11 Å². The standard InChI is InChI=1S/C20H21OP/c1-16(21-2)19-14-9-15-20(19)22(17-10-5-3-6-11-17)18-12-7-4-8-13-18/h3-16,19H,1-2H3. The van der Waals surface area contributed by atoms with E-state index in [0.717, 1.165) is 0 Å². The van der Waals surface area contributed by atoms with Crippen LogP contribution in [0.25, 0.3) is 0 Å². The predicted molar refractivity (Wildman–Crippen MR) is 96.3 cm³/mol. The van der Waals surface area contributed by atoms with Crippen molar-refractivity contribution in [3.8, 4) is 0 Å². The molecule has 0 saturated carbocycles. The van der Waals surface area contributed by atoms with E-state index in [1.807, 2.05) is 0 Å². The second-order valence-electron chi connectivity index (χ2n) is 5.45. The van der Waals surface area contributed by atoms with Crippen LogP contribution >= 0.6 is 7.92 Å². The highest BCUT2D eigenvalue weighted by molar-refractivity contribution is 7.76. The Hall–Kier alpha value is -1.69. The fourth-order valence-electron chi connectivity index (χ4n) is 2.85. The monoisotopic (exact) mass is 308 g/mol. The molecule has 2 unspecified atom stereocenters. The molecule has 2 aromatic rings. The lowest BCUT2D eigenvalue weighted by Gasteiger charge is -2.28. The van der Waals surface area contributed by atoms with Crippen molar-refractivity contribution in [1.82, 2.24) is 0 Å². The molecule has 0 saturated heterocycles. The summed E-state index contributed by atoms with van der Waals surface area (Å²) >= 11 is 0. The molecule has 1 aliphatic carbocycles. The van der Waals surface area contributed by atoms with Crippen LogP contribution < -0.4 is 10.6 Å². The van der Waals surface area contributed by atoms with Gasteiger partial charge in [0.1, 0.15) is 0 Å². The highest BCUT2D eigenvalue weighted by atomic mass is 31.1. The van der Waals surface area contributed by atoms with E-state index in [1.54, 1.807) is 7.11 Å². The number of benzene rings is 2. The van der Waals surface area contributed by atoms with Gasteiger partial charge in [-0.25, -0.2) is 0 Å². The van der Waals surface area contributed by atoms with Crippen LogP contribution in [-0.4, -0.2) is 13.2 Å². The van der Waals surface area contributed by atoms with Crippen molar-refractivity contribution in [3.05, 3.63) is 84.2 Å². The summed E-state index contributed by atoms with van der Waals surface area (Å²) in [7, 11) is 1.28. The Morgan fingerprint density at radius 3 is 1.95 bits per heavy atom. The van der Waals surface area contributed by atoms with E-state index >= 15 is 0 Å². The van der Waals surface area contributed by atoms with Crippen LogP contribution in [0.1, 0.15) is 6.92 Å². The van der Waals surface area contributed by atoms with Gasteiger partial charge in [-0.05, 0) is 30.8 Å². The summed E-state index contributed by atoms with van der Waals surface area (Å²) in [6.45, 7) is 2.15. The van der Waals surface area contributed by atoms with Crippen molar-refractivity contribution in [1.29, 1.82) is 0 Å². The molecule has 3 rings (SSSR count). The van der Waals surface area contributed by atoms with Crippen LogP contribution in [0.2, 0.25) is 0 Å². The van der Waals surface area contributed by atoms with Crippen molar-refractivity contribution in [3.63, 3.8) is 0 Å². The van der Waals surface area contributed by atoms with E-state index in [4.69, 9.17) is 4.74 Å². The summed E-state index contributed by atoms with van der Waals surface area (Å²) in [6, 6.07) is 21.7. The predicted octanol–water partition coefficient (Wildman–Crippen LogP) is 4.22. The third-order valence-electron chi connectivity index (χ3n) is 4.09. The summed E-state index contributed by atoms with van der Waals surface area (Å²) in [4.78, 5) is 0. The second-order valence-corrected chi connectivity index (χ2v) is 7.67. The molecule has 0 radical (unpaired) electrons. The Balaban J connectivity index is 2.04. The molecular weight excluding hydrogens is 287 g/mol. The van der Waals surface area contributed by atoms with E-state index in [2.05, 4.69) is 85.8 Å². The van der Waals surface area contributed by atoms with Crippen LogP contribution in [0.4, 0.5) is 0 Å². The van der Waals surface area contributed by atoms with Gasteiger partial charge in [0, 0.05) is 13.0 Å². The Bertz CT molecular complexity index is 621. The SMILES string of the molecule is COC(C)C1C=CC=C1P(c1ccccc1)c1ccccc1. The van der Waals surface area contributed by atoms with Crippen molar-refractivity contribution in [2.45, 2.75) is 13.0 Å². The topological polar surface area (TPSA) is 9.23 Å². The number of rotatable bonds is 5. The van der Waals surface area contributed by atoms with Crippen LogP contribution in [0.3, 0.4) is 0 Å². The molecule has 0 N–H and O–H groups in total. The van der Waals surface area contributed by atoms with Gasteiger partial charge in [-0.15, -0.1) is 0 Å². The first kappa shape index (κ1) is 15.2. The van der Waals surface area contributed by atoms with E-state index in [1.165, 1.54) is 15.9 Å². The van der Waals surface area contributed by atoms with Gasteiger partial charge in [0.2, 0.25) is 0 Å². The highest BCUT2D eigenvalue weighted by Gasteiger charge is 2.29. The third kappa shape index (κ3) is 3.06. The Labute approximate surface area is 134 Å². The number of hydrogen-bond donors (Lipinski definition) is 0. The van der Waals surface area contributed by atoms with Crippen molar-refractivity contribution in [2.24, 2.45) is 5.92 Å². The smallest absolute Gasteiger partial charge is 0.0647 e. The molecule has 22 heavy (non-hydrogen) atoms. The molecule has 0 fully saturated rings. The third-order valence-corrected chi connectivity index (χ3v) is 6.68. The molecule has 0 bridgehead atoms. The van der Waals surface area contributed by atoms with Crippen molar-refractivity contribution < 1.29 is 4.74 Å². The van der Waals surface area contributed by atoms with E-state index in [9.17, 15) is 0 Å². The van der Waals surface area contributed by atoms with E-state index < -0.39 is 7.92 Å². The molecule has 1 nitrogen and oxygen atoms in total. The highest BCUT2D eigenvalue weighted by Crippen LogP contribution is 2.50. The molecule has 2 atom stereocenters. The fourth-order valence-corrected chi connectivity index (χ4v) is 5.52. The maximum absolute atomic E-state index is 5.60. The van der Waals surface area contributed by atoms with Gasteiger partial charge in [-0.3, -0.25) is 0 Å². The zero-order valence-electron chi connectivity index (χ0n) is 13.0. The number of hydrogen-bond acceptors (Lipinski definition) is 1. The van der Waals surface area contributed by atoms with Gasteiger partial charge in [0.05, 0.1) is 6.10 Å². The maximum Gasteiger partial charge on any atom is 0.0647 e. The van der Waals surface area contributed by atoms with Gasteiger partial charge >= 0.3 is 0 Å². The van der Waals surface area contributed by atoms with Gasteiger partial charge in [0.15, 0.2) is 0 Å². The average molecular weight is 308 g/mol. The Kier molecular flexibility index (Phi) is 4.87. The minimum atomic E-state index is -0.511. The van der Waals surface area contributed by atoms with E-state index in [-0.39, 0.29) is 6.10 Å².